The molecule has 0 radical (unpaired) electrons. The van der Waals surface area contributed by atoms with Gasteiger partial charge in [-0.3, -0.25) is 5.10 Å². The highest BCUT2D eigenvalue weighted by Gasteiger charge is 2.43. The van der Waals surface area contributed by atoms with Crippen molar-refractivity contribution in [3.8, 4) is 23.1 Å². The number of aryl methyl sites for hydroxylation is 1. The molecule has 3 N–H and O–H groups in total. The lowest BCUT2D eigenvalue weighted by Crippen LogP contribution is -2.39. The largest absolute Gasteiger partial charge is 0.475 e. The number of halogens is 5. The first-order valence-electron chi connectivity index (χ1n) is 15.8. The molecule has 0 bridgehead atoms. The molecule has 1 saturated carbocycles. The van der Waals surface area contributed by atoms with E-state index in [1.165, 1.54) is 51.9 Å². The van der Waals surface area contributed by atoms with Gasteiger partial charge in [0.15, 0.2) is 5.82 Å². The summed E-state index contributed by atoms with van der Waals surface area (Å²) in [6.45, 7) is 7.49. The minimum Gasteiger partial charge on any atom is -0.475 e. The van der Waals surface area contributed by atoms with Crippen molar-refractivity contribution < 1.29 is 31.4 Å². The first-order valence-corrected chi connectivity index (χ1v) is 15.8. The zero-order chi connectivity index (χ0) is 34.9. The van der Waals surface area contributed by atoms with Gasteiger partial charge in [-0.25, -0.2) is 18.7 Å². The molecule has 1 aliphatic carbocycles. The summed E-state index contributed by atoms with van der Waals surface area (Å²) in [7, 11) is 3.48. The SMILES string of the molecule is CN1CC2CC2C1.COc1nc2c3c(nc(-c4c(C(F)(F)F)c(C)cc5[nH]ncc45)c(F)c3n1)OC[C@H](C)N2C(C)c1cc(F)cnc1N. The number of hydrogen-bond donors (Lipinski definition) is 2. The number of rotatable bonds is 4. The minimum atomic E-state index is -4.85. The fourth-order valence-electron chi connectivity index (χ4n) is 7.13. The number of nitrogens with zero attached hydrogens (tertiary/aromatic N) is 7. The fraction of sp³-hybridized carbons (Fsp3) is 0.424. The first kappa shape index (κ1) is 32.7. The highest BCUT2D eigenvalue weighted by molar-refractivity contribution is 6.02. The molecular formula is C33H34F5N9O2. The Morgan fingerprint density at radius 2 is 1.84 bits per heavy atom. The molecule has 6 heterocycles. The lowest BCUT2D eigenvalue weighted by molar-refractivity contribution is -0.137. The zero-order valence-electron chi connectivity index (χ0n) is 27.4. The lowest BCUT2D eigenvalue weighted by atomic mass is 9.94. The van der Waals surface area contributed by atoms with Crippen LogP contribution in [0.2, 0.25) is 0 Å². The molecule has 16 heteroatoms. The van der Waals surface area contributed by atoms with Gasteiger partial charge in [-0.15, -0.1) is 0 Å². The van der Waals surface area contributed by atoms with Crippen LogP contribution in [0.25, 0.3) is 33.1 Å². The summed E-state index contributed by atoms with van der Waals surface area (Å²) in [6, 6.07) is 1.11. The van der Waals surface area contributed by atoms with Crippen LogP contribution in [0.5, 0.6) is 11.9 Å². The van der Waals surface area contributed by atoms with E-state index in [0.717, 1.165) is 18.0 Å². The second-order valence-electron chi connectivity index (χ2n) is 13.0. The molecule has 49 heavy (non-hydrogen) atoms. The number of aromatic amines is 1. The number of hydrogen-bond acceptors (Lipinski definition) is 10. The molecule has 258 valence electrons. The van der Waals surface area contributed by atoms with Crippen LogP contribution >= 0.6 is 0 Å². The first-order chi connectivity index (χ1) is 23.3. The van der Waals surface area contributed by atoms with Crippen LogP contribution in [0.4, 0.5) is 33.6 Å². The molecule has 2 aliphatic heterocycles. The number of aromatic nitrogens is 6. The Balaban J connectivity index is 0.000000475. The Labute approximate surface area is 277 Å². The Bertz CT molecular complexity index is 2080. The lowest BCUT2D eigenvalue weighted by Gasteiger charge is -2.34. The van der Waals surface area contributed by atoms with E-state index >= 15 is 4.39 Å². The minimum absolute atomic E-state index is 0.000771. The van der Waals surface area contributed by atoms with Crippen molar-refractivity contribution in [1.29, 1.82) is 0 Å². The van der Waals surface area contributed by atoms with Gasteiger partial charge in [0.1, 0.15) is 40.7 Å². The molecule has 0 amide bonds. The second-order valence-corrected chi connectivity index (χ2v) is 13.0. The highest BCUT2D eigenvalue weighted by atomic mass is 19.4. The summed E-state index contributed by atoms with van der Waals surface area (Å²) in [5.74, 6) is 0.470. The van der Waals surface area contributed by atoms with E-state index in [9.17, 15) is 17.6 Å². The molecule has 3 unspecified atom stereocenters. The third kappa shape index (κ3) is 5.70. The average Bonchev–Trinajstić information content (AvgIpc) is 3.44. The monoisotopic (exact) mass is 683 g/mol. The molecule has 3 aliphatic rings. The van der Waals surface area contributed by atoms with Crippen LogP contribution in [0.3, 0.4) is 0 Å². The third-order valence-electron chi connectivity index (χ3n) is 9.48. The number of fused-ring (bicyclic) bond motifs is 2. The van der Waals surface area contributed by atoms with Gasteiger partial charge in [-0.1, -0.05) is 0 Å². The van der Waals surface area contributed by atoms with Crippen molar-refractivity contribution in [3.05, 3.63) is 52.9 Å². The topological polar surface area (TPSA) is 131 Å². The quantitative estimate of drug-likeness (QED) is 0.215. The van der Waals surface area contributed by atoms with Crippen molar-refractivity contribution in [3.63, 3.8) is 0 Å². The number of anilines is 2. The van der Waals surface area contributed by atoms with Gasteiger partial charge >= 0.3 is 12.2 Å². The molecule has 1 aromatic carbocycles. The van der Waals surface area contributed by atoms with Crippen LogP contribution in [0.15, 0.2) is 24.5 Å². The number of piperidine rings is 1. The maximum atomic E-state index is 16.6. The van der Waals surface area contributed by atoms with Gasteiger partial charge < -0.3 is 25.0 Å². The van der Waals surface area contributed by atoms with E-state index in [2.05, 4.69) is 42.1 Å². The van der Waals surface area contributed by atoms with Gasteiger partial charge in [0, 0.05) is 29.6 Å². The van der Waals surface area contributed by atoms with E-state index < -0.39 is 46.7 Å². The van der Waals surface area contributed by atoms with Crippen LogP contribution in [-0.4, -0.2) is 74.9 Å². The number of alkyl halides is 3. The fourth-order valence-corrected chi connectivity index (χ4v) is 7.13. The number of likely N-dealkylation sites (tertiary alicyclic amines) is 1. The normalized spacial score (nSPS) is 20.8. The zero-order valence-corrected chi connectivity index (χ0v) is 27.4. The van der Waals surface area contributed by atoms with Crippen molar-refractivity contribution in [2.75, 3.05) is 44.5 Å². The van der Waals surface area contributed by atoms with E-state index in [-0.39, 0.29) is 57.5 Å². The summed E-state index contributed by atoms with van der Waals surface area (Å²) in [5, 5.41) is 6.52. The van der Waals surface area contributed by atoms with E-state index in [1.807, 2.05) is 0 Å². The van der Waals surface area contributed by atoms with Crippen LogP contribution in [0.1, 0.15) is 43.0 Å². The predicted octanol–water partition coefficient (Wildman–Crippen LogP) is 6.08. The molecule has 1 saturated heterocycles. The number of ether oxygens (including phenoxy) is 2. The Morgan fingerprint density at radius 3 is 2.49 bits per heavy atom. The standard InChI is InChI=1S/C27H23F5N8O2.C6H11N/c1-10-5-16-15(8-35-39-16)17(19(10)27(30,31)32)21-20(29)22-18-24(38-26(37-22)41-4)40(11(2)9-42-25(18)36-21)12(3)14-6-13(28)7-34-23(14)33;1-7-3-5-2-6(5)4-7/h5-8,11-12H,9H2,1-4H3,(H2,33,34)(H,35,39);5-6H,2-4H2,1H3/t11-,12?;/m0./s1. The summed E-state index contributed by atoms with van der Waals surface area (Å²) in [4.78, 5) is 21.0. The molecule has 4 atom stereocenters. The number of nitrogen functional groups attached to an aromatic ring is 1. The van der Waals surface area contributed by atoms with Gasteiger partial charge in [0.25, 0.3) is 0 Å². The average molecular weight is 684 g/mol. The maximum Gasteiger partial charge on any atom is 0.417 e. The number of pyridine rings is 2. The van der Waals surface area contributed by atoms with E-state index in [0.29, 0.717) is 5.56 Å². The molecule has 5 aromatic rings. The number of H-pyrrole nitrogens is 1. The van der Waals surface area contributed by atoms with Crippen LogP contribution in [-0.2, 0) is 6.18 Å². The number of nitrogens with two attached hydrogens (primary N) is 1. The summed E-state index contributed by atoms with van der Waals surface area (Å²) in [6.07, 6.45) is -1.15. The summed E-state index contributed by atoms with van der Waals surface area (Å²) < 4.78 is 85.3. The van der Waals surface area contributed by atoms with Gasteiger partial charge in [-0.2, -0.15) is 28.2 Å². The van der Waals surface area contributed by atoms with Crippen molar-refractivity contribution in [1.82, 2.24) is 35.0 Å². The number of nitrogens with one attached hydrogen (secondary N) is 1. The van der Waals surface area contributed by atoms with Gasteiger partial charge in [0.2, 0.25) is 5.88 Å². The molecule has 4 aromatic heterocycles. The summed E-state index contributed by atoms with van der Waals surface area (Å²) in [5.41, 5.74) is 3.93. The Hall–Kier alpha value is -4.86. The predicted molar refractivity (Wildman–Crippen MR) is 172 cm³/mol. The highest BCUT2D eigenvalue weighted by Crippen LogP contribution is 2.48. The van der Waals surface area contributed by atoms with Gasteiger partial charge in [-0.05, 0) is 63.8 Å². The van der Waals surface area contributed by atoms with Crippen LogP contribution in [0, 0.1) is 30.4 Å². The maximum absolute atomic E-state index is 16.6. The molecule has 2 fully saturated rings. The molecule has 0 spiro atoms. The smallest absolute Gasteiger partial charge is 0.417 e. The second kappa shape index (κ2) is 11.9. The van der Waals surface area contributed by atoms with Crippen molar-refractivity contribution >= 4 is 33.4 Å². The number of benzene rings is 1. The van der Waals surface area contributed by atoms with Crippen molar-refractivity contribution in [2.24, 2.45) is 11.8 Å². The summed E-state index contributed by atoms with van der Waals surface area (Å²) >= 11 is 0. The Morgan fingerprint density at radius 1 is 1.10 bits per heavy atom. The molecular weight excluding hydrogens is 649 g/mol. The number of methoxy groups -OCH3 is 1. The third-order valence-corrected chi connectivity index (χ3v) is 9.48. The van der Waals surface area contributed by atoms with E-state index in [1.54, 1.807) is 18.7 Å². The van der Waals surface area contributed by atoms with Crippen LogP contribution < -0.4 is 20.1 Å². The Kier molecular flexibility index (Phi) is 7.95. The van der Waals surface area contributed by atoms with Crippen molar-refractivity contribution in [2.45, 2.75) is 45.5 Å². The van der Waals surface area contributed by atoms with E-state index in [4.69, 9.17) is 15.2 Å². The molecule has 11 nitrogen and oxygen atoms in total. The van der Waals surface area contributed by atoms with Gasteiger partial charge in [0.05, 0.1) is 42.7 Å². The molecule has 8 rings (SSSR count).